The van der Waals surface area contributed by atoms with E-state index < -0.39 is 0 Å². The fraction of sp³-hybridized carbons (Fsp3) is 0.417. The van der Waals surface area contributed by atoms with Crippen LogP contribution in [0.4, 0.5) is 0 Å². The number of thioether (sulfide) groups is 1. The Labute approximate surface area is 123 Å². The molecule has 0 radical (unpaired) electrons. The SMILES string of the molecule is CN(Cc1ccc(Cl)cc1)C(=O)C1CSCN1.Cl. The first-order valence-electron chi connectivity index (χ1n) is 5.47. The highest BCUT2D eigenvalue weighted by Crippen LogP contribution is 2.14. The minimum Gasteiger partial charge on any atom is -0.340 e. The smallest absolute Gasteiger partial charge is 0.240 e. The predicted molar refractivity (Wildman–Crippen MR) is 79.4 cm³/mol. The molecule has 1 heterocycles. The number of benzene rings is 1. The van der Waals surface area contributed by atoms with Gasteiger partial charge in [0.2, 0.25) is 5.91 Å². The highest BCUT2D eigenvalue weighted by Gasteiger charge is 2.25. The molecule has 0 spiro atoms. The topological polar surface area (TPSA) is 32.3 Å². The fourth-order valence-electron chi connectivity index (χ4n) is 1.76. The maximum absolute atomic E-state index is 12.0. The van der Waals surface area contributed by atoms with Crippen LogP contribution < -0.4 is 5.32 Å². The van der Waals surface area contributed by atoms with E-state index in [-0.39, 0.29) is 24.4 Å². The predicted octanol–water partition coefficient (Wildman–Crippen LogP) is 2.38. The standard InChI is InChI=1S/C12H15ClN2OS.ClH/c1-15(12(16)11-7-17-8-14-11)6-9-2-4-10(13)5-3-9;/h2-5,11,14H,6-8H2,1H3;1H. The van der Waals surface area contributed by atoms with Gasteiger partial charge >= 0.3 is 0 Å². The quantitative estimate of drug-likeness (QED) is 0.930. The molecule has 3 nitrogen and oxygen atoms in total. The Hall–Kier alpha value is -0.420. The highest BCUT2D eigenvalue weighted by molar-refractivity contribution is 7.99. The molecule has 1 aliphatic rings. The van der Waals surface area contributed by atoms with Crippen molar-refractivity contribution in [2.45, 2.75) is 12.6 Å². The van der Waals surface area contributed by atoms with Gasteiger partial charge in [-0.15, -0.1) is 24.2 Å². The lowest BCUT2D eigenvalue weighted by molar-refractivity contribution is -0.131. The van der Waals surface area contributed by atoms with Crippen LogP contribution >= 0.6 is 35.8 Å². The van der Waals surface area contributed by atoms with Gasteiger partial charge in [-0.05, 0) is 17.7 Å². The van der Waals surface area contributed by atoms with E-state index in [1.54, 1.807) is 16.7 Å². The van der Waals surface area contributed by atoms with Crippen molar-refractivity contribution in [2.24, 2.45) is 0 Å². The second kappa shape index (κ2) is 7.24. The maximum atomic E-state index is 12.0. The van der Waals surface area contributed by atoms with Crippen LogP contribution in [0.15, 0.2) is 24.3 Å². The number of hydrogen-bond acceptors (Lipinski definition) is 3. The molecule has 1 unspecified atom stereocenters. The molecule has 1 N–H and O–H groups in total. The van der Waals surface area contributed by atoms with Crippen molar-refractivity contribution in [1.29, 1.82) is 0 Å². The molecule has 100 valence electrons. The van der Waals surface area contributed by atoms with Gasteiger partial charge in [-0.1, -0.05) is 23.7 Å². The number of nitrogens with one attached hydrogen (secondary N) is 1. The van der Waals surface area contributed by atoms with Crippen LogP contribution in [0, 0.1) is 0 Å². The Kier molecular flexibility index (Phi) is 6.29. The van der Waals surface area contributed by atoms with Gasteiger partial charge in [0.1, 0.15) is 0 Å². The largest absolute Gasteiger partial charge is 0.340 e. The first-order valence-corrected chi connectivity index (χ1v) is 7.00. The number of hydrogen-bond donors (Lipinski definition) is 1. The van der Waals surface area contributed by atoms with Gasteiger partial charge in [0.05, 0.1) is 6.04 Å². The zero-order valence-electron chi connectivity index (χ0n) is 10.1. The number of halogens is 2. The average molecular weight is 307 g/mol. The summed E-state index contributed by atoms with van der Waals surface area (Å²) >= 11 is 7.58. The fourth-order valence-corrected chi connectivity index (χ4v) is 2.82. The molecule has 1 amide bonds. The van der Waals surface area contributed by atoms with Crippen LogP contribution in [0.5, 0.6) is 0 Å². The molecule has 6 heteroatoms. The normalized spacial score (nSPS) is 18.2. The van der Waals surface area contributed by atoms with E-state index >= 15 is 0 Å². The monoisotopic (exact) mass is 306 g/mol. The van der Waals surface area contributed by atoms with E-state index in [0.29, 0.717) is 6.54 Å². The van der Waals surface area contributed by atoms with Crippen molar-refractivity contribution in [3.8, 4) is 0 Å². The summed E-state index contributed by atoms with van der Waals surface area (Å²) in [6.45, 7) is 0.624. The summed E-state index contributed by atoms with van der Waals surface area (Å²) in [5.41, 5.74) is 1.09. The van der Waals surface area contributed by atoms with E-state index in [1.807, 2.05) is 31.3 Å². The molecular formula is C12H16Cl2N2OS. The molecule has 1 atom stereocenters. The molecule has 0 saturated carbocycles. The molecule has 0 bridgehead atoms. The van der Waals surface area contributed by atoms with E-state index in [2.05, 4.69) is 5.32 Å². The van der Waals surface area contributed by atoms with Crippen LogP contribution in [0.25, 0.3) is 0 Å². The van der Waals surface area contributed by atoms with Crippen LogP contribution in [0.3, 0.4) is 0 Å². The maximum Gasteiger partial charge on any atom is 0.240 e. The zero-order valence-corrected chi connectivity index (χ0v) is 12.4. The molecule has 1 saturated heterocycles. The second-order valence-electron chi connectivity index (χ2n) is 4.09. The minimum atomic E-state index is -0.0303. The lowest BCUT2D eigenvalue weighted by Gasteiger charge is -2.20. The Morgan fingerprint density at radius 2 is 2.17 bits per heavy atom. The van der Waals surface area contributed by atoms with Gasteiger partial charge in [-0.3, -0.25) is 10.1 Å². The number of carbonyl (C=O) groups is 1. The lowest BCUT2D eigenvalue weighted by atomic mass is 10.2. The van der Waals surface area contributed by atoms with Crippen LogP contribution in [-0.4, -0.2) is 35.5 Å². The third-order valence-corrected chi connectivity index (χ3v) is 3.92. The van der Waals surface area contributed by atoms with E-state index in [0.717, 1.165) is 22.2 Å². The minimum absolute atomic E-state index is 0. The van der Waals surface area contributed by atoms with Gasteiger partial charge < -0.3 is 4.90 Å². The van der Waals surface area contributed by atoms with Crippen molar-refractivity contribution in [3.05, 3.63) is 34.9 Å². The number of rotatable bonds is 3. The number of carbonyl (C=O) groups excluding carboxylic acids is 1. The Bertz CT molecular complexity index is 394. The van der Waals surface area contributed by atoms with Gasteiger partial charge in [-0.25, -0.2) is 0 Å². The molecule has 0 aliphatic carbocycles. The van der Waals surface area contributed by atoms with Crippen molar-refractivity contribution >= 4 is 41.7 Å². The Morgan fingerprint density at radius 1 is 1.50 bits per heavy atom. The van der Waals surface area contributed by atoms with E-state index in [4.69, 9.17) is 11.6 Å². The molecule has 1 fully saturated rings. The number of amides is 1. The van der Waals surface area contributed by atoms with E-state index in [1.165, 1.54) is 0 Å². The summed E-state index contributed by atoms with van der Waals surface area (Å²) in [7, 11) is 1.83. The summed E-state index contributed by atoms with van der Waals surface area (Å²) in [6.07, 6.45) is 0. The van der Waals surface area contributed by atoms with E-state index in [9.17, 15) is 4.79 Å². The molecule has 18 heavy (non-hydrogen) atoms. The number of nitrogens with zero attached hydrogens (tertiary/aromatic N) is 1. The molecular weight excluding hydrogens is 291 g/mol. The number of likely N-dealkylation sites (N-methyl/N-ethyl adjacent to an activating group) is 1. The Balaban J connectivity index is 0.00000162. The van der Waals surface area contributed by atoms with Crippen molar-refractivity contribution in [3.63, 3.8) is 0 Å². The summed E-state index contributed by atoms with van der Waals surface area (Å²) in [5, 5.41) is 3.90. The zero-order chi connectivity index (χ0) is 12.3. The molecule has 0 aromatic heterocycles. The highest BCUT2D eigenvalue weighted by atomic mass is 35.5. The molecule has 1 aliphatic heterocycles. The molecule has 2 rings (SSSR count). The van der Waals surface area contributed by atoms with Gasteiger partial charge in [-0.2, -0.15) is 0 Å². The van der Waals surface area contributed by atoms with Crippen molar-refractivity contribution in [1.82, 2.24) is 10.2 Å². The summed E-state index contributed by atoms with van der Waals surface area (Å²) in [4.78, 5) is 13.8. The van der Waals surface area contributed by atoms with Crippen molar-refractivity contribution < 1.29 is 4.79 Å². The lowest BCUT2D eigenvalue weighted by Crippen LogP contribution is -2.42. The van der Waals surface area contributed by atoms with Gasteiger partial charge in [0, 0.05) is 30.2 Å². The summed E-state index contributed by atoms with van der Waals surface area (Å²) in [5.74, 6) is 1.89. The first kappa shape index (κ1) is 15.6. The van der Waals surface area contributed by atoms with Gasteiger partial charge in [0.25, 0.3) is 0 Å². The Morgan fingerprint density at radius 3 is 2.72 bits per heavy atom. The summed E-state index contributed by atoms with van der Waals surface area (Å²) in [6, 6.07) is 7.56. The molecule has 1 aromatic carbocycles. The first-order chi connectivity index (χ1) is 8.16. The van der Waals surface area contributed by atoms with Crippen LogP contribution in [-0.2, 0) is 11.3 Å². The van der Waals surface area contributed by atoms with Crippen LogP contribution in [0.2, 0.25) is 5.02 Å². The van der Waals surface area contributed by atoms with Gasteiger partial charge in [0.15, 0.2) is 0 Å². The average Bonchev–Trinajstić information content (AvgIpc) is 2.84. The third kappa shape index (κ3) is 4.05. The molecule has 1 aromatic rings. The second-order valence-corrected chi connectivity index (χ2v) is 5.56. The van der Waals surface area contributed by atoms with Crippen molar-refractivity contribution in [2.75, 3.05) is 18.7 Å². The summed E-state index contributed by atoms with van der Waals surface area (Å²) < 4.78 is 0. The third-order valence-electron chi connectivity index (χ3n) is 2.72. The van der Waals surface area contributed by atoms with Crippen LogP contribution in [0.1, 0.15) is 5.56 Å².